The van der Waals surface area contributed by atoms with Crippen LogP contribution in [0.5, 0.6) is 5.75 Å². The summed E-state index contributed by atoms with van der Waals surface area (Å²) in [5, 5.41) is 14.0. The highest BCUT2D eigenvalue weighted by Crippen LogP contribution is 2.23. The number of amides is 2. The highest BCUT2D eigenvalue weighted by Gasteiger charge is 2.41. The van der Waals surface area contributed by atoms with Gasteiger partial charge in [0.25, 0.3) is 0 Å². The fraction of sp³-hybridized carbons (Fsp3) is 0.481. The number of carbonyl (C=O) groups is 2. The molecule has 8 nitrogen and oxygen atoms in total. The van der Waals surface area contributed by atoms with E-state index in [1.54, 1.807) is 32.9 Å². The van der Waals surface area contributed by atoms with E-state index in [0.717, 1.165) is 18.2 Å². The van der Waals surface area contributed by atoms with Crippen molar-refractivity contribution in [3.05, 3.63) is 65.7 Å². The number of nitrogens with one attached hydrogen (secondary N) is 1. The summed E-state index contributed by atoms with van der Waals surface area (Å²) in [6, 6.07) is 10.3. The van der Waals surface area contributed by atoms with Gasteiger partial charge in [-0.3, -0.25) is 9.69 Å². The van der Waals surface area contributed by atoms with Crippen molar-refractivity contribution in [3.8, 4) is 5.75 Å². The van der Waals surface area contributed by atoms with E-state index in [1.807, 2.05) is 18.2 Å². The molecule has 3 rings (SSSR count). The normalized spacial score (nSPS) is 19.6. The van der Waals surface area contributed by atoms with E-state index in [9.17, 15) is 23.5 Å². The summed E-state index contributed by atoms with van der Waals surface area (Å²) < 4.78 is 44.8. The van der Waals surface area contributed by atoms with E-state index >= 15 is 0 Å². The summed E-state index contributed by atoms with van der Waals surface area (Å²) in [7, 11) is 0. The number of benzene rings is 2. The maximum Gasteiger partial charge on any atom is 0.410 e. The number of rotatable bonds is 8. The lowest BCUT2D eigenvalue weighted by Crippen LogP contribution is -2.63. The number of morpholine rings is 1. The van der Waals surface area contributed by atoms with E-state index < -0.39 is 53.5 Å². The predicted octanol–water partition coefficient (Wildman–Crippen LogP) is 3.46. The van der Waals surface area contributed by atoms with Crippen LogP contribution in [0.4, 0.5) is 13.6 Å². The van der Waals surface area contributed by atoms with Gasteiger partial charge < -0.3 is 24.6 Å². The zero-order valence-electron chi connectivity index (χ0n) is 21.4. The Morgan fingerprint density at radius 2 is 1.81 bits per heavy atom. The molecule has 1 aliphatic rings. The Hall–Kier alpha value is -3.24. The van der Waals surface area contributed by atoms with Gasteiger partial charge in [-0.2, -0.15) is 0 Å². The van der Waals surface area contributed by atoms with Gasteiger partial charge in [-0.25, -0.2) is 13.6 Å². The number of aliphatic hydroxyl groups is 1. The standard InChI is InChI=1S/C27H34F2N2O6/c1-17(32)30-23(12-18-10-19(28)13-20(29)11-18)25(33)24-16-36-22(15-35-21-8-6-5-7-9-21)14-31(24)26(34)37-27(2,3)4/h5-11,13,22-25,33H,12,14-16H2,1-4H3,(H,30,32). The molecule has 37 heavy (non-hydrogen) atoms. The maximum absolute atomic E-state index is 13.8. The van der Waals surface area contributed by atoms with Crippen molar-refractivity contribution in [1.29, 1.82) is 0 Å². The molecular formula is C27H34F2N2O6. The molecule has 1 fully saturated rings. The van der Waals surface area contributed by atoms with Gasteiger partial charge in [0.2, 0.25) is 5.91 Å². The van der Waals surface area contributed by atoms with Crippen molar-refractivity contribution < 1.29 is 37.7 Å². The van der Waals surface area contributed by atoms with Crippen LogP contribution in [0.25, 0.3) is 0 Å². The first-order valence-corrected chi connectivity index (χ1v) is 12.1. The third kappa shape index (κ3) is 8.68. The Labute approximate surface area is 215 Å². The van der Waals surface area contributed by atoms with E-state index in [0.29, 0.717) is 5.75 Å². The summed E-state index contributed by atoms with van der Waals surface area (Å²) >= 11 is 0. The van der Waals surface area contributed by atoms with Crippen molar-refractivity contribution in [2.24, 2.45) is 0 Å². The van der Waals surface area contributed by atoms with Crippen LogP contribution in [0.15, 0.2) is 48.5 Å². The summed E-state index contributed by atoms with van der Waals surface area (Å²) in [6.45, 7) is 6.60. The van der Waals surface area contributed by atoms with Crippen LogP contribution >= 0.6 is 0 Å². The van der Waals surface area contributed by atoms with Gasteiger partial charge in [0.1, 0.15) is 35.7 Å². The maximum atomic E-state index is 13.8. The van der Waals surface area contributed by atoms with Gasteiger partial charge in [0.15, 0.2) is 0 Å². The Morgan fingerprint density at radius 1 is 1.16 bits per heavy atom. The van der Waals surface area contributed by atoms with Crippen LogP contribution in [0.3, 0.4) is 0 Å². The van der Waals surface area contributed by atoms with Gasteiger partial charge in [0.05, 0.1) is 31.3 Å². The molecule has 2 aromatic carbocycles. The van der Waals surface area contributed by atoms with Gasteiger partial charge in [0, 0.05) is 13.0 Å². The number of hydrogen-bond acceptors (Lipinski definition) is 6. The molecule has 0 bridgehead atoms. The van der Waals surface area contributed by atoms with Crippen LogP contribution in [-0.4, -0.2) is 71.7 Å². The zero-order chi connectivity index (χ0) is 27.2. The summed E-state index contributed by atoms with van der Waals surface area (Å²) in [5.74, 6) is -1.35. The molecule has 2 N–H and O–H groups in total. The molecular weight excluding hydrogens is 486 g/mol. The van der Waals surface area contributed by atoms with Crippen LogP contribution in [0.2, 0.25) is 0 Å². The lowest BCUT2D eigenvalue weighted by atomic mass is 9.94. The zero-order valence-corrected chi connectivity index (χ0v) is 21.4. The minimum Gasteiger partial charge on any atom is -0.491 e. The largest absolute Gasteiger partial charge is 0.491 e. The lowest BCUT2D eigenvalue weighted by Gasteiger charge is -2.43. The minimum absolute atomic E-state index is 0.0604. The Bertz CT molecular complexity index is 1040. The number of ether oxygens (including phenoxy) is 3. The number of para-hydroxylation sites is 1. The molecule has 4 unspecified atom stereocenters. The van der Waals surface area contributed by atoms with Crippen molar-refractivity contribution in [3.63, 3.8) is 0 Å². The van der Waals surface area contributed by atoms with Crippen molar-refractivity contribution >= 4 is 12.0 Å². The third-order valence-corrected chi connectivity index (χ3v) is 5.68. The molecule has 4 atom stereocenters. The van der Waals surface area contributed by atoms with Gasteiger partial charge in [-0.05, 0) is 57.0 Å². The number of aliphatic hydroxyl groups excluding tert-OH is 1. The smallest absolute Gasteiger partial charge is 0.410 e. The molecule has 0 aromatic heterocycles. The second-order valence-electron chi connectivity index (χ2n) is 10.1. The fourth-order valence-electron chi connectivity index (χ4n) is 4.12. The van der Waals surface area contributed by atoms with E-state index in [2.05, 4.69) is 5.32 Å². The molecule has 10 heteroatoms. The highest BCUT2D eigenvalue weighted by atomic mass is 19.1. The minimum atomic E-state index is -1.33. The van der Waals surface area contributed by atoms with Crippen molar-refractivity contribution in [1.82, 2.24) is 10.2 Å². The molecule has 0 saturated carbocycles. The molecule has 2 amide bonds. The van der Waals surface area contributed by atoms with E-state index in [4.69, 9.17) is 14.2 Å². The first-order chi connectivity index (χ1) is 17.4. The van der Waals surface area contributed by atoms with E-state index in [1.165, 1.54) is 11.8 Å². The lowest BCUT2D eigenvalue weighted by molar-refractivity contribution is -0.125. The highest BCUT2D eigenvalue weighted by molar-refractivity contribution is 5.73. The second kappa shape index (κ2) is 12.3. The first kappa shape index (κ1) is 28.3. The molecule has 1 heterocycles. The molecule has 202 valence electrons. The van der Waals surface area contributed by atoms with Crippen molar-refractivity contribution in [2.75, 3.05) is 19.8 Å². The average Bonchev–Trinajstić information content (AvgIpc) is 2.80. The SMILES string of the molecule is CC(=O)NC(Cc1cc(F)cc(F)c1)C(O)C1COC(COc2ccccc2)CN1C(=O)OC(C)(C)C. The average molecular weight is 521 g/mol. The van der Waals surface area contributed by atoms with Gasteiger partial charge >= 0.3 is 6.09 Å². The van der Waals surface area contributed by atoms with Crippen LogP contribution in [0.1, 0.15) is 33.3 Å². The molecule has 0 aliphatic carbocycles. The summed E-state index contributed by atoms with van der Waals surface area (Å²) in [5.41, 5.74) is -0.554. The first-order valence-electron chi connectivity index (χ1n) is 12.1. The van der Waals surface area contributed by atoms with Crippen LogP contribution in [0, 0.1) is 11.6 Å². The van der Waals surface area contributed by atoms with Crippen LogP contribution in [-0.2, 0) is 20.7 Å². The molecule has 1 aliphatic heterocycles. The molecule has 0 spiro atoms. The van der Waals surface area contributed by atoms with Gasteiger partial charge in [-0.15, -0.1) is 0 Å². The molecule has 1 saturated heterocycles. The fourth-order valence-corrected chi connectivity index (χ4v) is 4.12. The number of carbonyl (C=O) groups excluding carboxylic acids is 2. The number of hydrogen-bond donors (Lipinski definition) is 2. The quantitative estimate of drug-likeness (QED) is 0.554. The summed E-state index contributed by atoms with van der Waals surface area (Å²) in [6.07, 6.45) is -2.58. The number of halogens is 2. The van der Waals surface area contributed by atoms with Gasteiger partial charge in [-0.1, -0.05) is 18.2 Å². The monoisotopic (exact) mass is 520 g/mol. The topological polar surface area (TPSA) is 97.3 Å². The molecule has 2 aromatic rings. The van der Waals surface area contributed by atoms with Crippen LogP contribution < -0.4 is 10.1 Å². The third-order valence-electron chi connectivity index (χ3n) is 5.68. The number of nitrogens with zero attached hydrogens (tertiary/aromatic N) is 1. The summed E-state index contributed by atoms with van der Waals surface area (Å²) in [4.78, 5) is 26.4. The molecule has 0 radical (unpaired) electrons. The second-order valence-corrected chi connectivity index (χ2v) is 10.1. The Kier molecular flexibility index (Phi) is 9.45. The Balaban J connectivity index is 1.80. The van der Waals surface area contributed by atoms with E-state index in [-0.39, 0.29) is 31.7 Å². The predicted molar refractivity (Wildman–Crippen MR) is 132 cm³/mol. The Morgan fingerprint density at radius 3 is 2.41 bits per heavy atom. The van der Waals surface area contributed by atoms with Crippen molar-refractivity contribution in [2.45, 2.75) is 64.0 Å².